The number of carbonyl (C=O) groups is 1. The first-order chi connectivity index (χ1) is 12.0. The number of nitriles is 1. The van der Waals surface area contributed by atoms with Gasteiger partial charge in [-0.25, -0.2) is 0 Å². The van der Waals surface area contributed by atoms with Gasteiger partial charge < -0.3 is 14.8 Å². The number of nitrogens with zero attached hydrogens (tertiary/aromatic N) is 1. The minimum atomic E-state index is -0.480. The van der Waals surface area contributed by atoms with E-state index < -0.39 is 5.91 Å². The molecule has 1 N–H and O–H groups in total. The Morgan fingerprint density at radius 2 is 1.84 bits per heavy atom. The SMILES string of the molecule is COc1ccc(NC(=O)/C(C#N)=C/c2ccccc2OC(C)C)cc1. The molecule has 128 valence electrons. The monoisotopic (exact) mass is 336 g/mol. The molecule has 0 unspecified atom stereocenters. The summed E-state index contributed by atoms with van der Waals surface area (Å²) in [5.74, 6) is 0.836. The molecule has 0 atom stereocenters. The van der Waals surface area contributed by atoms with Crippen LogP contribution in [0.15, 0.2) is 54.1 Å². The van der Waals surface area contributed by atoms with Crippen molar-refractivity contribution in [1.29, 1.82) is 5.26 Å². The summed E-state index contributed by atoms with van der Waals surface area (Å²) >= 11 is 0. The van der Waals surface area contributed by atoms with E-state index in [1.165, 1.54) is 6.08 Å². The third-order valence-corrected chi connectivity index (χ3v) is 3.29. The van der Waals surface area contributed by atoms with E-state index in [1.54, 1.807) is 37.4 Å². The smallest absolute Gasteiger partial charge is 0.266 e. The number of rotatable bonds is 6. The molecule has 5 heteroatoms. The molecule has 0 saturated carbocycles. The van der Waals surface area contributed by atoms with Crippen LogP contribution in [0, 0.1) is 11.3 Å². The molecule has 2 aromatic carbocycles. The van der Waals surface area contributed by atoms with Crippen molar-refractivity contribution in [3.8, 4) is 17.6 Å². The molecule has 0 heterocycles. The highest BCUT2D eigenvalue weighted by molar-refractivity contribution is 6.09. The molecule has 0 aromatic heterocycles. The highest BCUT2D eigenvalue weighted by atomic mass is 16.5. The zero-order valence-electron chi connectivity index (χ0n) is 14.4. The van der Waals surface area contributed by atoms with Crippen LogP contribution in [0.5, 0.6) is 11.5 Å². The number of ether oxygens (including phenoxy) is 2. The number of nitrogens with one attached hydrogen (secondary N) is 1. The maximum atomic E-state index is 12.4. The number of para-hydroxylation sites is 1. The van der Waals surface area contributed by atoms with Crippen molar-refractivity contribution in [3.05, 3.63) is 59.7 Å². The van der Waals surface area contributed by atoms with Gasteiger partial charge in [0, 0.05) is 11.3 Å². The lowest BCUT2D eigenvalue weighted by molar-refractivity contribution is -0.112. The first-order valence-electron chi connectivity index (χ1n) is 7.86. The molecular weight excluding hydrogens is 316 g/mol. The molecule has 0 aliphatic rings. The van der Waals surface area contributed by atoms with Gasteiger partial charge in [-0.15, -0.1) is 0 Å². The number of hydrogen-bond donors (Lipinski definition) is 1. The van der Waals surface area contributed by atoms with E-state index in [0.29, 0.717) is 22.7 Å². The van der Waals surface area contributed by atoms with Gasteiger partial charge in [-0.05, 0) is 50.3 Å². The molecule has 0 radical (unpaired) electrons. The zero-order chi connectivity index (χ0) is 18.2. The van der Waals surface area contributed by atoms with Gasteiger partial charge in [0.05, 0.1) is 13.2 Å². The summed E-state index contributed by atoms with van der Waals surface area (Å²) in [5, 5.41) is 12.0. The van der Waals surface area contributed by atoms with E-state index in [-0.39, 0.29) is 11.7 Å². The highest BCUT2D eigenvalue weighted by Gasteiger charge is 2.12. The second-order valence-corrected chi connectivity index (χ2v) is 5.56. The van der Waals surface area contributed by atoms with Gasteiger partial charge in [0.15, 0.2) is 0 Å². The molecule has 5 nitrogen and oxygen atoms in total. The van der Waals surface area contributed by atoms with E-state index >= 15 is 0 Å². The maximum absolute atomic E-state index is 12.4. The van der Waals surface area contributed by atoms with Gasteiger partial charge in [-0.2, -0.15) is 5.26 Å². The molecule has 25 heavy (non-hydrogen) atoms. The summed E-state index contributed by atoms with van der Waals surface area (Å²) in [7, 11) is 1.57. The standard InChI is InChI=1S/C20H20N2O3/c1-14(2)25-19-7-5-4-6-15(19)12-16(13-21)20(23)22-17-8-10-18(24-3)11-9-17/h4-12,14H,1-3H3,(H,22,23)/b16-12+. The molecule has 0 fully saturated rings. The van der Waals surface area contributed by atoms with E-state index in [9.17, 15) is 10.1 Å². The van der Waals surface area contributed by atoms with Gasteiger partial charge in [0.1, 0.15) is 23.1 Å². The number of anilines is 1. The summed E-state index contributed by atoms with van der Waals surface area (Å²) in [6.45, 7) is 3.84. The van der Waals surface area contributed by atoms with Gasteiger partial charge in [0.2, 0.25) is 0 Å². The number of benzene rings is 2. The van der Waals surface area contributed by atoms with Crippen LogP contribution in [-0.2, 0) is 4.79 Å². The molecule has 0 aliphatic carbocycles. The normalized spacial score (nSPS) is 10.9. The molecule has 0 saturated heterocycles. The van der Waals surface area contributed by atoms with Crippen molar-refractivity contribution in [2.45, 2.75) is 20.0 Å². The Balaban J connectivity index is 2.22. The number of amides is 1. The number of methoxy groups -OCH3 is 1. The third kappa shape index (κ3) is 5.11. The fourth-order valence-electron chi connectivity index (χ4n) is 2.14. The van der Waals surface area contributed by atoms with Crippen LogP contribution in [0.2, 0.25) is 0 Å². The predicted octanol–water partition coefficient (Wildman–Crippen LogP) is 4.03. The summed E-state index contributed by atoms with van der Waals surface area (Å²) in [6, 6.07) is 16.1. The summed E-state index contributed by atoms with van der Waals surface area (Å²) < 4.78 is 10.8. The van der Waals surface area contributed by atoms with Crippen LogP contribution in [0.1, 0.15) is 19.4 Å². The van der Waals surface area contributed by atoms with Crippen molar-refractivity contribution in [2.75, 3.05) is 12.4 Å². The lowest BCUT2D eigenvalue weighted by Gasteiger charge is -2.12. The van der Waals surface area contributed by atoms with Crippen molar-refractivity contribution >= 4 is 17.7 Å². The van der Waals surface area contributed by atoms with Crippen LogP contribution >= 0.6 is 0 Å². The van der Waals surface area contributed by atoms with E-state index in [2.05, 4.69) is 5.32 Å². The molecule has 0 aliphatic heterocycles. The van der Waals surface area contributed by atoms with Gasteiger partial charge >= 0.3 is 0 Å². The average molecular weight is 336 g/mol. The average Bonchev–Trinajstić information content (AvgIpc) is 2.61. The summed E-state index contributed by atoms with van der Waals surface area (Å²) in [4.78, 5) is 12.4. The Labute approximate surface area is 147 Å². The fraction of sp³-hybridized carbons (Fsp3) is 0.200. The number of hydrogen-bond acceptors (Lipinski definition) is 4. The molecule has 2 rings (SSSR count). The van der Waals surface area contributed by atoms with Crippen molar-refractivity contribution < 1.29 is 14.3 Å². The third-order valence-electron chi connectivity index (χ3n) is 3.29. The van der Waals surface area contributed by atoms with Crippen LogP contribution in [-0.4, -0.2) is 19.1 Å². The fourth-order valence-corrected chi connectivity index (χ4v) is 2.14. The second kappa shape index (κ2) is 8.55. The van der Waals surface area contributed by atoms with Gasteiger partial charge in [-0.3, -0.25) is 4.79 Å². The van der Waals surface area contributed by atoms with E-state index in [0.717, 1.165) is 0 Å². The molecule has 1 amide bonds. The second-order valence-electron chi connectivity index (χ2n) is 5.56. The predicted molar refractivity (Wildman–Crippen MR) is 97.4 cm³/mol. The Morgan fingerprint density at radius 1 is 1.16 bits per heavy atom. The molecule has 0 bridgehead atoms. The maximum Gasteiger partial charge on any atom is 0.266 e. The Hall–Kier alpha value is -3.26. The Bertz CT molecular complexity index is 802. The van der Waals surface area contributed by atoms with Gasteiger partial charge in [-0.1, -0.05) is 18.2 Å². The summed E-state index contributed by atoms with van der Waals surface area (Å²) in [5.41, 5.74) is 1.26. The van der Waals surface area contributed by atoms with E-state index in [4.69, 9.17) is 9.47 Å². The van der Waals surface area contributed by atoms with Gasteiger partial charge in [0.25, 0.3) is 5.91 Å². The van der Waals surface area contributed by atoms with Crippen LogP contribution in [0.4, 0.5) is 5.69 Å². The quantitative estimate of drug-likeness (QED) is 0.638. The molecule has 0 spiro atoms. The van der Waals surface area contributed by atoms with Crippen molar-refractivity contribution in [1.82, 2.24) is 0 Å². The zero-order valence-corrected chi connectivity index (χ0v) is 14.4. The minimum absolute atomic E-state index is 0.00405. The Morgan fingerprint density at radius 3 is 2.44 bits per heavy atom. The van der Waals surface area contributed by atoms with Crippen molar-refractivity contribution in [3.63, 3.8) is 0 Å². The van der Waals surface area contributed by atoms with Crippen molar-refractivity contribution in [2.24, 2.45) is 0 Å². The van der Waals surface area contributed by atoms with Crippen LogP contribution in [0.3, 0.4) is 0 Å². The number of carbonyl (C=O) groups excluding carboxylic acids is 1. The highest BCUT2D eigenvalue weighted by Crippen LogP contribution is 2.23. The Kier molecular flexibility index (Phi) is 6.19. The lowest BCUT2D eigenvalue weighted by atomic mass is 10.1. The lowest BCUT2D eigenvalue weighted by Crippen LogP contribution is -2.13. The topological polar surface area (TPSA) is 71.3 Å². The summed E-state index contributed by atoms with van der Waals surface area (Å²) in [6.07, 6.45) is 1.52. The first kappa shape index (κ1) is 18.1. The first-order valence-corrected chi connectivity index (χ1v) is 7.86. The van der Waals surface area contributed by atoms with Crippen LogP contribution in [0.25, 0.3) is 6.08 Å². The minimum Gasteiger partial charge on any atom is -0.497 e. The molecule has 2 aromatic rings. The molecular formula is C20H20N2O3. The van der Waals surface area contributed by atoms with E-state index in [1.807, 2.05) is 38.1 Å². The largest absolute Gasteiger partial charge is 0.497 e. The van der Waals surface area contributed by atoms with Crippen LogP contribution < -0.4 is 14.8 Å².